The number of hydrogen-bond acceptors (Lipinski definition) is 4. The lowest BCUT2D eigenvalue weighted by molar-refractivity contribution is -0.165. The van der Waals surface area contributed by atoms with Gasteiger partial charge < -0.3 is 9.84 Å². The fourth-order valence-corrected chi connectivity index (χ4v) is 7.58. The van der Waals surface area contributed by atoms with E-state index < -0.39 is 6.10 Å². The summed E-state index contributed by atoms with van der Waals surface area (Å²) in [6, 6.07) is 4.35. The summed E-state index contributed by atoms with van der Waals surface area (Å²) in [5.41, 5.74) is 1.87. The maximum atomic E-state index is 13.7. The number of likely N-dealkylation sites (tertiary alicyclic amines) is 1. The number of benzene rings is 1. The van der Waals surface area contributed by atoms with Crippen LogP contribution in [0.25, 0.3) is 0 Å². The number of piperidine rings is 1. The van der Waals surface area contributed by atoms with Crippen LogP contribution in [0.5, 0.6) is 11.5 Å². The Labute approximate surface area is 167 Å². The van der Waals surface area contributed by atoms with Crippen LogP contribution in [0.1, 0.15) is 57.6 Å². The van der Waals surface area contributed by atoms with Crippen molar-refractivity contribution in [2.45, 2.75) is 70.4 Å². The van der Waals surface area contributed by atoms with Crippen LogP contribution in [-0.2, 0) is 16.6 Å². The Bertz CT molecular complexity index is 873. The molecule has 0 aromatic heterocycles. The molecule has 3 fully saturated rings. The van der Waals surface area contributed by atoms with Crippen molar-refractivity contribution in [1.82, 2.24) is 4.90 Å². The minimum atomic E-state index is -0.428. The molecule has 1 aromatic rings. The van der Waals surface area contributed by atoms with Crippen molar-refractivity contribution in [3.8, 4) is 11.5 Å². The minimum absolute atomic E-state index is 0.207. The maximum Gasteiger partial charge on any atom is 0.180 e. The van der Waals surface area contributed by atoms with E-state index in [0.29, 0.717) is 23.6 Å². The molecule has 2 bridgehead atoms. The van der Waals surface area contributed by atoms with Crippen molar-refractivity contribution in [1.29, 1.82) is 0 Å². The zero-order valence-corrected chi connectivity index (χ0v) is 17.2. The summed E-state index contributed by atoms with van der Waals surface area (Å²) in [5, 5.41) is 10.6. The van der Waals surface area contributed by atoms with Gasteiger partial charge in [0.05, 0.1) is 0 Å². The first-order valence-electron chi connectivity index (χ1n) is 11.2. The third kappa shape index (κ3) is 1.89. The first-order chi connectivity index (χ1) is 13.4. The zero-order valence-electron chi connectivity index (χ0n) is 17.2. The van der Waals surface area contributed by atoms with E-state index in [0.717, 1.165) is 31.7 Å². The van der Waals surface area contributed by atoms with Gasteiger partial charge in [-0.25, -0.2) is 0 Å². The summed E-state index contributed by atoms with van der Waals surface area (Å²) >= 11 is 0. The van der Waals surface area contributed by atoms with Gasteiger partial charge >= 0.3 is 0 Å². The highest BCUT2D eigenvalue weighted by Gasteiger charge is 2.71. The topological polar surface area (TPSA) is 49.8 Å². The molecule has 1 unspecified atom stereocenters. The molecule has 6 rings (SSSR count). The van der Waals surface area contributed by atoms with Gasteiger partial charge in [0.1, 0.15) is 0 Å². The molecule has 5 aliphatic rings. The molecule has 2 heterocycles. The fraction of sp³-hybridized carbons (Fsp3) is 0.708. The van der Waals surface area contributed by atoms with Gasteiger partial charge in [0.25, 0.3) is 0 Å². The monoisotopic (exact) mass is 381 g/mol. The Hall–Kier alpha value is -1.55. The van der Waals surface area contributed by atoms with E-state index in [4.69, 9.17) is 4.74 Å². The van der Waals surface area contributed by atoms with Gasteiger partial charge in [-0.2, -0.15) is 0 Å². The number of phenolic OH excluding ortho intramolecular Hbond substituents is 1. The fourth-order valence-electron chi connectivity index (χ4n) is 7.58. The largest absolute Gasteiger partial charge is 0.504 e. The molecule has 0 radical (unpaired) electrons. The normalized spacial score (nSPS) is 40.2. The number of ether oxygens (including phenoxy) is 1. The number of phenols is 1. The number of rotatable bonds is 3. The molecule has 1 spiro atoms. The lowest BCUT2D eigenvalue weighted by Gasteiger charge is -2.63. The number of carbonyl (C=O) groups excluding carboxylic acids is 1. The second-order valence-electron chi connectivity index (χ2n) is 10.6. The Kier molecular flexibility index (Phi) is 3.29. The van der Waals surface area contributed by atoms with Crippen LogP contribution in [0.4, 0.5) is 0 Å². The van der Waals surface area contributed by atoms with Crippen LogP contribution < -0.4 is 4.74 Å². The Morgan fingerprint density at radius 3 is 2.79 bits per heavy atom. The van der Waals surface area contributed by atoms with Gasteiger partial charge in [-0.15, -0.1) is 0 Å². The predicted molar refractivity (Wildman–Crippen MR) is 107 cm³/mol. The number of nitrogens with zero attached hydrogens (tertiary/aromatic N) is 1. The van der Waals surface area contributed by atoms with E-state index in [9.17, 15) is 9.90 Å². The molecule has 5 atom stereocenters. The van der Waals surface area contributed by atoms with Crippen LogP contribution in [0.3, 0.4) is 0 Å². The van der Waals surface area contributed by atoms with Crippen molar-refractivity contribution in [2.24, 2.45) is 23.2 Å². The average molecular weight is 382 g/mol. The van der Waals surface area contributed by atoms with E-state index in [2.05, 4.69) is 31.7 Å². The van der Waals surface area contributed by atoms with Crippen molar-refractivity contribution >= 4 is 5.78 Å². The summed E-state index contributed by atoms with van der Waals surface area (Å²) in [6.45, 7) is 8.80. The average Bonchev–Trinajstić information content (AvgIpc) is 3.41. The molecule has 2 aliphatic heterocycles. The van der Waals surface area contributed by atoms with Gasteiger partial charge in [0.2, 0.25) is 0 Å². The van der Waals surface area contributed by atoms with Crippen molar-refractivity contribution in [3.05, 3.63) is 23.3 Å². The summed E-state index contributed by atoms with van der Waals surface area (Å²) in [5.74, 6) is 2.72. The molecule has 1 N–H and O–H groups in total. The summed E-state index contributed by atoms with van der Waals surface area (Å²) in [6.07, 6.45) is 5.35. The molecule has 28 heavy (non-hydrogen) atoms. The second-order valence-corrected chi connectivity index (χ2v) is 10.6. The predicted octanol–water partition coefficient (Wildman–Crippen LogP) is 3.68. The standard InChI is InChI=1S/C24H31NO3/c1-4-15-19-16-11-14-7-8-17(26)20-18(14)24(19,9-10-25(16)12-13-5-6-13)22(28-20)21(27)23(15,2)3/h7-8,13,15-16,19,22,26H,4-6,9-12H2,1-3H3/t15-,16-,19?,22+,24-/m1/s1. The van der Waals surface area contributed by atoms with E-state index in [1.165, 1.54) is 30.5 Å². The Morgan fingerprint density at radius 2 is 2.07 bits per heavy atom. The second kappa shape index (κ2) is 5.33. The molecule has 4 heteroatoms. The van der Waals surface area contributed by atoms with Crippen molar-refractivity contribution in [3.63, 3.8) is 0 Å². The minimum Gasteiger partial charge on any atom is -0.504 e. The summed E-state index contributed by atoms with van der Waals surface area (Å²) < 4.78 is 6.36. The van der Waals surface area contributed by atoms with Crippen LogP contribution in [-0.4, -0.2) is 41.0 Å². The molecular formula is C24H31NO3. The molecule has 1 saturated heterocycles. The van der Waals surface area contributed by atoms with Crippen molar-refractivity contribution in [2.75, 3.05) is 13.1 Å². The maximum absolute atomic E-state index is 13.7. The SMILES string of the molecule is CC[C@@H]1C2[C@H]3Cc4ccc(O)c5c4[C@@]2(CCN3CC2CC2)[C@@H](O5)C(=O)C1(C)C. The van der Waals surface area contributed by atoms with Crippen molar-refractivity contribution < 1.29 is 14.6 Å². The van der Waals surface area contributed by atoms with Gasteiger partial charge in [0, 0.05) is 29.0 Å². The molecule has 3 aliphatic carbocycles. The number of carbonyl (C=O) groups is 1. The van der Waals surface area contributed by atoms with Gasteiger partial charge in [-0.05, 0) is 61.6 Å². The highest BCUT2D eigenvalue weighted by atomic mass is 16.5. The van der Waals surface area contributed by atoms with Crippen LogP contribution in [0.2, 0.25) is 0 Å². The third-order valence-corrected chi connectivity index (χ3v) is 8.98. The number of Topliss-reactive ketones (excluding diaryl/α,β-unsaturated/α-hetero) is 1. The summed E-state index contributed by atoms with van der Waals surface area (Å²) in [4.78, 5) is 16.5. The van der Waals surface area contributed by atoms with Gasteiger partial charge in [0.15, 0.2) is 23.4 Å². The summed E-state index contributed by atoms with van der Waals surface area (Å²) in [7, 11) is 0. The first-order valence-corrected chi connectivity index (χ1v) is 11.2. The van der Waals surface area contributed by atoms with E-state index in [1.807, 2.05) is 0 Å². The smallest absolute Gasteiger partial charge is 0.180 e. The molecular weight excluding hydrogens is 350 g/mol. The highest BCUT2D eigenvalue weighted by molar-refractivity contribution is 5.94. The first kappa shape index (κ1) is 17.3. The lowest BCUT2D eigenvalue weighted by atomic mass is 9.43. The quantitative estimate of drug-likeness (QED) is 0.868. The number of hydrogen-bond donors (Lipinski definition) is 1. The molecule has 1 aromatic carbocycles. The number of aromatic hydroxyl groups is 1. The Balaban J connectivity index is 1.58. The van der Waals surface area contributed by atoms with E-state index >= 15 is 0 Å². The molecule has 2 saturated carbocycles. The Morgan fingerprint density at radius 1 is 1.29 bits per heavy atom. The van der Waals surface area contributed by atoms with E-state index in [-0.39, 0.29) is 22.4 Å². The van der Waals surface area contributed by atoms with E-state index in [1.54, 1.807) is 6.07 Å². The lowest BCUT2D eigenvalue weighted by Crippen LogP contribution is -2.72. The van der Waals surface area contributed by atoms with Crippen LogP contribution in [0, 0.1) is 23.2 Å². The van der Waals surface area contributed by atoms with Gasteiger partial charge in [-0.1, -0.05) is 33.3 Å². The van der Waals surface area contributed by atoms with Crippen LogP contribution in [0.15, 0.2) is 12.1 Å². The highest BCUT2D eigenvalue weighted by Crippen LogP contribution is 2.67. The number of ketones is 1. The van der Waals surface area contributed by atoms with Crippen LogP contribution >= 0.6 is 0 Å². The van der Waals surface area contributed by atoms with Gasteiger partial charge in [-0.3, -0.25) is 9.69 Å². The zero-order chi connectivity index (χ0) is 19.4. The molecule has 150 valence electrons. The molecule has 0 amide bonds. The third-order valence-electron chi connectivity index (χ3n) is 8.98. The molecule has 4 nitrogen and oxygen atoms in total.